The summed E-state index contributed by atoms with van der Waals surface area (Å²) in [6, 6.07) is 14.7. The lowest BCUT2D eigenvalue weighted by molar-refractivity contribution is 0.0607. The molecule has 0 aliphatic heterocycles. The number of halogens is 2. The average Bonchev–Trinajstić information content (AvgIpc) is 3.44. The van der Waals surface area contributed by atoms with Gasteiger partial charge < -0.3 is 15.5 Å². The third-order valence-electron chi connectivity index (χ3n) is 5.33. The summed E-state index contributed by atoms with van der Waals surface area (Å²) in [5.41, 5.74) is 7.55. The van der Waals surface area contributed by atoms with Gasteiger partial charge in [-0.05, 0) is 36.4 Å². The summed E-state index contributed by atoms with van der Waals surface area (Å²) >= 11 is 15.0. The number of methoxy groups -OCH3 is 1. The largest absolute Gasteiger partial charge is 0.465 e. The number of hydrogen-bond donors (Lipinski definition) is 2. The van der Waals surface area contributed by atoms with Crippen molar-refractivity contribution in [2.24, 2.45) is 0 Å². The number of H-pyrrole nitrogens is 1. The number of thiophene rings is 2. The first-order chi connectivity index (χ1) is 17.4. The summed E-state index contributed by atoms with van der Waals surface area (Å²) in [4.78, 5) is 35.5. The smallest absolute Gasteiger partial charge is 0.350 e. The van der Waals surface area contributed by atoms with Gasteiger partial charge in [-0.15, -0.1) is 22.7 Å². The van der Waals surface area contributed by atoms with Crippen LogP contribution in [0.25, 0.3) is 41.8 Å². The fourth-order valence-corrected chi connectivity index (χ4v) is 6.46. The molecule has 6 aromatic rings. The van der Waals surface area contributed by atoms with Gasteiger partial charge in [0.25, 0.3) is 5.56 Å². The number of fused-ring (bicyclic) bond motifs is 4. The van der Waals surface area contributed by atoms with Crippen LogP contribution in [-0.4, -0.2) is 28.0 Å². The van der Waals surface area contributed by atoms with Crippen molar-refractivity contribution in [2.75, 3.05) is 12.8 Å². The Labute approximate surface area is 222 Å². The fraction of sp³-hybridized carbons (Fsp3) is 0.0400. The molecule has 2 aromatic carbocycles. The minimum absolute atomic E-state index is 0.149. The molecular weight excluding hydrogens is 539 g/mol. The maximum atomic E-state index is 12.3. The predicted octanol–water partition coefficient (Wildman–Crippen LogP) is 6.78. The number of pyridine rings is 1. The molecule has 0 aliphatic rings. The molecule has 4 heterocycles. The van der Waals surface area contributed by atoms with Crippen LogP contribution in [0.15, 0.2) is 65.7 Å². The van der Waals surface area contributed by atoms with E-state index in [1.54, 1.807) is 30.6 Å². The topological polar surface area (TPSA) is 111 Å². The van der Waals surface area contributed by atoms with Crippen LogP contribution in [-0.2, 0) is 4.74 Å². The van der Waals surface area contributed by atoms with E-state index in [4.69, 9.17) is 28.9 Å². The Morgan fingerprint density at radius 2 is 1.61 bits per heavy atom. The highest BCUT2D eigenvalue weighted by molar-refractivity contribution is 7.25. The quantitative estimate of drug-likeness (QED) is 0.228. The molecule has 36 heavy (non-hydrogen) atoms. The second-order valence-corrected chi connectivity index (χ2v) is 10.4. The lowest BCUT2D eigenvalue weighted by Gasteiger charge is -2.01. The SMILES string of the molecule is COC(=O)c1sc2cccc(Cl)c2c1N.O=c1[nH]c(-c2ccncc2)nc2c1sc1cccc(Cl)c12. The zero-order valence-corrected chi connectivity index (χ0v) is 21.7. The number of ether oxygens (including phenoxy) is 1. The molecule has 0 bridgehead atoms. The van der Waals surface area contributed by atoms with Crippen molar-refractivity contribution >= 4 is 87.9 Å². The molecule has 3 N–H and O–H groups in total. The molecule has 4 aromatic heterocycles. The lowest BCUT2D eigenvalue weighted by Crippen LogP contribution is -2.07. The van der Waals surface area contributed by atoms with E-state index in [1.165, 1.54) is 29.8 Å². The van der Waals surface area contributed by atoms with Gasteiger partial charge in [-0.25, -0.2) is 9.78 Å². The number of aromatic nitrogens is 3. The lowest BCUT2D eigenvalue weighted by atomic mass is 10.2. The molecule has 180 valence electrons. The molecule has 0 unspecified atom stereocenters. The van der Waals surface area contributed by atoms with Crippen molar-refractivity contribution < 1.29 is 9.53 Å². The summed E-state index contributed by atoms with van der Waals surface area (Å²) in [5.74, 6) is 0.0966. The molecule has 0 saturated carbocycles. The van der Waals surface area contributed by atoms with Gasteiger partial charge in [0.15, 0.2) is 0 Å². The van der Waals surface area contributed by atoms with Crippen molar-refractivity contribution in [3.8, 4) is 11.4 Å². The van der Waals surface area contributed by atoms with Gasteiger partial charge in [0.05, 0.1) is 28.4 Å². The molecular formula is C25H16Cl2N4O3S2. The normalized spacial score (nSPS) is 11.0. The molecule has 6 rings (SSSR count). The summed E-state index contributed by atoms with van der Waals surface area (Å²) < 4.78 is 7.08. The molecule has 0 atom stereocenters. The summed E-state index contributed by atoms with van der Waals surface area (Å²) in [6.07, 6.45) is 3.33. The summed E-state index contributed by atoms with van der Waals surface area (Å²) in [5, 5.41) is 2.72. The van der Waals surface area contributed by atoms with Crippen LogP contribution in [0.3, 0.4) is 0 Å². The highest BCUT2D eigenvalue weighted by Gasteiger charge is 2.18. The van der Waals surface area contributed by atoms with Crippen LogP contribution in [0.4, 0.5) is 5.69 Å². The van der Waals surface area contributed by atoms with Crippen LogP contribution < -0.4 is 11.3 Å². The van der Waals surface area contributed by atoms with Crippen molar-refractivity contribution in [1.82, 2.24) is 15.0 Å². The first-order valence-electron chi connectivity index (χ1n) is 10.4. The number of rotatable bonds is 2. The van der Waals surface area contributed by atoms with Crippen LogP contribution in [0.2, 0.25) is 10.0 Å². The van der Waals surface area contributed by atoms with Crippen molar-refractivity contribution in [2.45, 2.75) is 0 Å². The molecule has 0 saturated heterocycles. The summed E-state index contributed by atoms with van der Waals surface area (Å²) in [7, 11) is 1.33. The number of benzene rings is 2. The van der Waals surface area contributed by atoms with Gasteiger partial charge in [0.2, 0.25) is 0 Å². The Bertz CT molecular complexity index is 1810. The van der Waals surface area contributed by atoms with Crippen LogP contribution >= 0.6 is 45.9 Å². The third kappa shape index (κ3) is 4.31. The number of nitrogens with zero attached hydrogens (tertiary/aromatic N) is 2. The second-order valence-electron chi connectivity index (χ2n) is 7.49. The van der Waals surface area contributed by atoms with E-state index in [0.29, 0.717) is 36.7 Å². The highest BCUT2D eigenvalue weighted by atomic mass is 35.5. The third-order valence-corrected chi connectivity index (χ3v) is 8.25. The number of aromatic amines is 1. The second kappa shape index (κ2) is 9.87. The Morgan fingerprint density at radius 1 is 0.972 bits per heavy atom. The van der Waals surface area contributed by atoms with E-state index >= 15 is 0 Å². The van der Waals surface area contributed by atoms with Crippen molar-refractivity contribution in [3.63, 3.8) is 0 Å². The van der Waals surface area contributed by atoms with Gasteiger partial charge in [-0.3, -0.25) is 9.78 Å². The number of carbonyl (C=O) groups is 1. The maximum Gasteiger partial charge on any atom is 0.350 e. The Hall–Kier alpha value is -3.50. The number of nitrogens with one attached hydrogen (secondary N) is 1. The predicted molar refractivity (Wildman–Crippen MR) is 149 cm³/mol. The van der Waals surface area contributed by atoms with Crippen molar-refractivity contribution in [3.05, 3.63) is 86.2 Å². The zero-order valence-electron chi connectivity index (χ0n) is 18.5. The Morgan fingerprint density at radius 3 is 2.25 bits per heavy atom. The van der Waals surface area contributed by atoms with Crippen LogP contribution in [0, 0.1) is 0 Å². The zero-order chi connectivity index (χ0) is 25.4. The van der Waals surface area contributed by atoms with Gasteiger partial charge >= 0.3 is 5.97 Å². The molecule has 0 amide bonds. The van der Waals surface area contributed by atoms with E-state index in [9.17, 15) is 9.59 Å². The van der Waals surface area contributed by atoms with E-state index in [1.807, 2.05) is 30.3 Å². The van der Waals surface area contributed by atoms with Gasteiger partial charge in [0.1, 0.15) is 15.4 Å². The molecule has 0 fully saturated rings. The van der Waals surface area contributed by atoms with Gasteiger partial charge in [-0.1, -0.05) is 35.3 Å². The standard InChI is InChI=1S/C15H8ClN3OS.C10H8ClNO2S/c16-9-2-1-3-10-11(9)12-13(21-10)15(20)19-14(18-12)8-4-6-17-7-5-8;1-14-10(13)9-8(12)7-5(11)3-2-4-6(7)15-9/h1-7H,(H,18,19,20);2-4H,12H2,1H3. The van der Waals surface area contributed by atoms with Crippen LogP contribution in [0.5, 0.6) is 0 Å². The van der Waals surface area contributed by atoms with E-state index in [-0.39, 0.29) is 5.56 Å². The number of nitrogens with two attached hydrogens (primary N) is 1. The number of hydrogen-bond acceptors (Lipinski definition) is 8. The minimum atomic E-state index is -0.426. The number of carbonyl (C=O) groups excluding carboxylic acids is 1. The Kier molecular flexibility index (Phi) is 6.63. The monoisotopic (exact) mass is 554 g/mol. The fourth-order valence-electron chi connectivity index (χ4n) is 3.68. The first kappa shape index (κ1) is 24.2. The molecule has 0 radical (unpaired) electrons. The van der Waals surface area contributed by atoms with Gasteiger partial charge in [0, 0.05) is 38.1 Å². The molecule has 0 spiro atoms. The van der Waals surface area contributed by atoms with Crippen molar-refractivity contribution in [1.29, 1.82) is 0 Å². The van der Waals surface area contributed by atoms with E-state index < -0.39 is 5.97 Å². The number of anilines is 1. The van der Waals surface area contributed by atoms with E-state index in [0.717, 1.165) is 25.7 Å². The molecule has 11 heteroatoms. The number of esters is 1. The molecule has 7 nitrogen and oxygen atoms in total. The number of nitrogen functional groups attached to an aromatic ring is 1. The Balaban J connectivity index is 0.000000157. The first-order valence-corrected chi connectivity index (χ1v) is 12.8. The van der Waals surface area contributed by atoms with Gasteiger partial charge in [-0.2, -0.15) is 0 Å². The minimum Gasteiger partial charge on any atom is -0.465 e. The van der Waals surface area contributed by atoms with Crippen LogP contribution in [0.1, 0.15) is 9.67 Å². The molecule has 0 aliphatic carbocycles. The highest BCUT2D eigenvalue weighted by Crippen LogP contribution is 2.38. The summed E-state index contributed by atoms with van der Waals surface area (Å²) in [6.45, 7) is 0. The maximum absolute atomic E-state index is 12.3. The average molecular weight is 555 g/mol. The van der Waals surface area contributed by atoms with E-state index in [2.05, 4.69) is 19.7 Å².